The summed E-state index contributed by atoms with van der Waals surface area (Å²) in [7, 11) is 3.94. The lowest BCUT2D eigenvalue weighted by atomic mass is 9.88. The average molecular weight is 244 g/mol. The Bertz CT molecular complexity index is 390. The summed E-state index contributed by atoms with van der Waals surface area (Å²) >= 11 is 0. The van der Waals surface area contributed by atoms with Crippen molar-refractivity contribution in [3.8, 4) is 0 Å². The second-order valence-electron chi connectivity index (χ2n) is 3.98. The van der Waals surface area contributed by atoms with Crippen LogP contribution in [0.5, 0.6) is 0 Å². The van der Waals surface area contributed by atoms with Gasteiger partial charge in [-0.05, 0) is 24.7 Å². The van der Waals surface area contributed by atoms with Crippen LogP contribution in [0.15, 0.2) is 48.6 Å². The van der Waals surface area contributed by atoms with Crippen LogP contribution < -0.4 is 10.6 Å². The molecule has 0 aromatic heterocycles. The fraction of sp³-hybridized carbons (Fsp3) is 0.375. The van der Waals surface area contributed by atoms with Crippen molar-refractivity contribution >= 4 is 5.69 Å². The maximum absolute atomic E-state index is 3.33. The Balaban J connectivity index is 0.000000771. The van der Waals surface area contributed by atoms with Gasteiger partial charge in [0.05, 0.1) is 0 Å². The van der Waals surface area contributed by atoms with Gasteiger partial charge in [-0.2, -0.15) is 0 Å². The fourth-order valence-electron chi connectivity index (χ4n) is 2.07. The highest BCUT2D eigenvalue weighted by molar-refractivity contribution is 5.46. The molecule has 2 N–H and O–H groups in total. The standard InChI is InChI=1S/C14H18N2.C2H6/c1-15-12-9-7-11(8-10-12)13-5-3-4-6-14(13)16-2;1-2/h3-10,13-16H,1-2H3;1-2H3. The van der Waals surface area contributed by atoms with Crippen molar-refractivity contribution in [2.24, 2.45) is 0 Å². The van der Waals surface area contributed by atoms with Gasteiger partial charge in [0.1, 0.15) is 0 Å². The lowest BCUT2D eigenvalue weighted by Crippen LogP contribution is -2.30. The minimum absolute atomic E-state index is 0.394. The number of hydrogen-bond donors (Lipinski definition) is 2. The molecule has 1 aromatic rings. The van der Waals surface area contributed by atoms with E-state index < -0.39 is 0 Å². The molecule has 0 radical (unpaired) electrons. The summed E-state index contributed by atoms with van der Waals surface area (Å²) < 4.78 is 0. The summed E-state index contributed by atoms with van der Waals surface area (Å²) in [5, 5.41) is 6.46. The first-order chi connectivity index (χ1) is 8.85. The van der Waals surface area contributed by atoms with Crippen molar-refractivity contribution in [1.82, 2.24) is 5.32 Å². The van der Waals surface area contributed by atoms with E-state index in [2.05, 4.69) is 59.2 Å². The van der Waals surface area contributed by atoms with E-state index in [4.69, 9.17) is 0 Å². The van der Waals surface area contributed by atoms with Gasteiger partial charge in [0.15, 0.2) is 0 Å². The van der Waals surface area contributed by atoms with E-state index in [-0.39, 0.29) is 0 Å². The maximum atomic E-state index is 3.33. The summed E-state index contributed by atoms with van der Waals surface area (Å²) in [4.78, 5) is 0. The third-order valence-corrected chi connectivity index (χ3v) is 3.05. The Kier molecular flexibility index (Phi) is 6.23. The molecule has 1 aliphatic carbocycles. The minimum atomic E-state index is 0.394. The zero-order chi connectivity index (χ0) is 13.4. The van der Waals surface area contributed by atoms with E-state index in [1.807, 2.05) is 27.9 Å². The van der Waals surface area contributed by atoms with Gasteiger partial charge >= 0.3 is 0 Å². The molecule has 1 aliphatic rings. The molecule has 0 saturated carbocycles. The second kappa shape index (κ2) is 7.72. The molecular weight excluding hydrogens is 220 g/mol. The molecule has 0 amide bonds. The maximum Gasteiger partial charge on any atom is 0.0354 e. The van der Waals surface area contributed by atoms with Crippen molar-refractivity contribution in [1.29, 1.82) is 0 Å². The third kappa shape index (κ3) is 3.47. The van der Waals surface area contributed by atoms with Crippen LogP contribution in [0.1, 0.15) is 25.3 Å². The van der Waals surface area contributed by atoms with E-state index in [0.29, 0.717) is 12.0 Å². The Morgan fingerprint density at radius 1 is 0.889 bits per heavy atom. The molecule has 2 rings (SSSR count). The Morgan fingerprint density at radius 2 is 1.50 bits per heavy atom. The predicted molar refractivity (Wildman–Crippen MR) is 81.2 cm³/mol. The number of allylic oxidation sites excluding steroid dienone is 2. The molecule has 0 aliphatic heterocycles. The van der Waals surface area contributed by atoms with Crippen LogP contribution >= 0.6 is 0 Å². The molecule has 0 saturated heterocycles. The van der Waals surface area contributed by atoms with Crippen LogP contribution in [0.3, 0.4) is 0 Å². The molecule has 2 heteroatoms. The molecule has 2 nitrogen and oxygen atoms in total. The quantitative estimate of drug-likeness (QED) is 0.849. The van der Waals surface area contributed by atoms with Gasteiger partial charge in [-0.1, -0.05) is 50.3 Å². The van der Waals surface area contributed by atoms with Gasteiger partial charge in [-0.3, -0.25) is 0 Å². The normalized spacial score (nSPS) is 21.1. The average Bonchev–Trinajstić information content (AvgIpc) is 2.49. The molecule has 0 fully saturated rings. The lowest BCUT2D eigenvalue weighted by Gasteiger charge is -2.24. The first-order valence-electron chi connectivity index (χ1n) is 6.65. The minimum Gasteiger partial charge on any atom is -0.388 e. The van der Waals surface area contributed by atoms with E-state index in [9.17, 15) is 0 Å². The van der Waals surface area contributed by atoms with Gasteiger partial charge in [0.25, 0.3) is 0 Å². The first kappa shape index (κ1) is 14.5. The fourth-order valence-corrected chi connectivity index (χ4v) is 2.07. The van der Waals surface area contributed by atoms with Crippen LogP contribution in [0.2, 0.25) is 0 Å². The number of hydrogen-bond acceptors (Lipinski definition) is 2. The van der Waals surface area contributed by atoms with E-state index in [0.717, 1.165) is 5.69 Å². The molecule has 2 atom stereocenters. The first-order valence-corrected chi connectivity index (χ1v) is 6.65. The molecule has 0 bridgehead atoms. The Morgan fingerprint density at radius 3 is 2.06 bits per heavy atom. The SMILES string of the molecule is CC.CNc1ccc(C2C=CC=CC2NC)cc1. The smallest absolute Gasteiger partial charge is 0.0354 e. The van der Waals surface area contributed by atoms with Crippen LogP contribution in [0, 0.1) is 0 Å². The van der Waals surface area contributed by atoms with Crippen LogP contribution in [-0.4, -0.2) is 20.1 Å². The van der Waals surface area contributed by atoms with Gasteiger partial charge < -0.3 is 10.6 Å². The molecular formula is C16H24N2. The summed E-state index contributed by atoms with van der Waals surface area (Å²) in [5.41, 5.74) is 2.50. The highest BCUT2D eigenvalue weighted by atomic mass is 14.9. The van der Waals surface area contributed by atoms with Crippen molar-refractivity contribution in [2.75, 3.05) is 19.4 Å². The molecule has 2 unspecified atom stereocenters. The number of rotatable bonds is 3. The summed E-state index contributed by atoms with van der Waals surface area (Å²) in [6.45, 7) is 4.00. The third-order valence-electron chi connectivity index (χ3n) is 3.05. The van der Waals surface area contributed by atoms with E-state index in [1.54, 1.807) is 0 Å². The molecule has 18 heavy (non-hydrogen) atoms. The van der Waals surface area contributed by atoms with Gasteiger partial charge in [-0.15, -0.1) is 0 Å². The van der Waals surface area contributed by atoms with E-state index in [1.165, 1.54) is 5.56 Å². The van der Waals surface area contributed by atoms with Crippen molar-refractivity contribution in [3.63, 3.8) is 0 Å². The van der Waals surface area contributed by atoms with Gasteiger partial charge in [0.2, 0.25) is 0 Å². The number of anilines is 1. The summed E-state index contributed by atoms with van der Waals surface area (Å²) in [5.74, 6) is 0.431. The number of likely N-dealkylation sites (N-methyl/N-ethyl adjacent to an activating group) is 1. The number of nitrogens with one attached hydrogen (secondary N) is 2. The monoisotopic (exact) mass is 244 g/mol. The molecule has 0 spiro atoms. The highest BCUT2D eigenvalue weighted by Crippen LogP contribution is 2.25. The van der Waals surface area contributed by atoms with Crippen LogP contribution in [0.4, 0.5) is 5.69 Å². The molecule has 98 valence electrons. The highest BCUT2D eigenvalue weighted by Gasteiger charge is 2.18. The van der Waals surface area contributed by atoms with Crippen LogP contribution in [0.25, 0.3) is 0 Å². The zero-order valence-corrected chi connectivity index (χ0v) is 11.8. The lowest BCUT2D eigenvalue weighted by molar-refractivity contribution is 0.603. The summed E-state index contributed by atoms with van der Waals surface area (Å²) in [6, 6.07) is 9.00. The van der Waals surface area contributed by atoms with Gasteiger partial charge in [0, 0.05) is 24.7 Å². The summed E-state index contributed by atoms with van der Waals surface area (Å²) in [6.07, 6.45) is 8.66. The van der Waals surface area contributed by atoms with E-state index >= 15 is 0 Å². The topological polar surface area (TPSA) is 24.1 Å². The largest absolute Gasteiger partial charge is 0.388 e. The van der Waals surface area contributed by atoms with Gasteiger partial charge in [-0.25, -0.2) is 0 Å². The van der Waals surface area contributed by atoms with Crippen molar-refractivity contribution < 1.29 is 0 Å². The number of benzene rings is 1. The van der Waals surface area contributed by atoms with Crippen molar-refractivity contribution in [2.45, 2.75) is 25.8 Å². The zero-order valence-electron chi connectivity index (χ0n) is 11.8. The Hall–Kier alpha value is -1.54. The van der Waals surface area contributed by atoms with Crippen molar-refractivity contribution in [3.05, 3.63) is 54.1 Å². The van der Waals surface area contributed by atoms with Crippen LogP contribution in [-0.2, 0) is 0 Å². The second-order valence-corrected chi connectivity index (χ2v) is 3.98. The molecule has 0 heterocycles. The molecule has 1 aromatic carbocycles. The predicted octanol–water partition coefficient (Wildman–Crippen LogP) is 3.55. The Labute approximate surface area is 111 Å².